The van der Waals surface area contributed by atoms with Gasteiger partial charge >= 0.3 is 0 Å². The Kier molecular flexibility index (Phi) is 3.07. The van der Waals surface area contributed by atoms with Crippen molar-refractivity contribution in [2.45, 2.75) is 63.7 Å². The third kappa shape index (κ3) is 2.11. The van der Waals surface area contributed by atoms with Gasteiger partial charge in [0.2, 0.25) is 0 Å². The molecule has 1 aromatic heterocycles. The van der Waals surface area contributed by atoms with Crippen molar-refractivity contribution < 1.29 is 4.74 Å². The third-order valence-electron chi connectivity index (χ3n) is 6.08. The first-order valence-electron chi connectivity index (χ1n) is 8.51. The van der Waals surface area contributed by atoms with Crippen LogP contribution in [0.15, 0.2) is 23.6 Å². The van der Waals surface area contributed by atoms with Crippen LogP contribution in [0.5, 0.6) is 5.75 Å². The van der Waals surface area contributed by atoms with Crippen LogP contribution in [-0.4, -0.2) is 6.61 Å². The molecule has 0 fully saturated rings. The number of rotatable bonds is 1. The quantitative estimate of drug-likeness (QED) is 0.663. The highest BCUT2D eigenvalue weighted by Gasteiger charge is 2.44. The summed E-state index contributed by atoms with van der Waals surface area (Å²) in [6.45, 7) is 12.6. The molecule has 1 unspecified atom stereocenters. The molecule has 0 N–H and O–H groups in total. The molecule has 2 aliphatic rings. The first-order valence-corrected chi connectivity index (χ1v) is 9.39. The van der Waals surface area contributed by atoms with Crippen molar-refractivity contribution >= 4 is 11.3 Å². The summed E-state index contributed by atoms with van der Waals surface area (Å²) in [5.74, 6) is 1.09. The summed E-state index contributed by atoms with van der Waals surface area (Å²) in [6.07, 6.45) is 2.49. The Labute approximate surface area is 143 Å². The van der Waals surface area contributed by atoms with Crippen molar-refractivity contribution in [2.24, 2.45) is 0 Å². The molecule has 0 spiro atoms. The van der Waals surface area contributed by atoms with Gasteiger partial charge in [0.05, 0.1) is 5.41 Å². The summed E-state index contributed by atoms with van der Waals surface area (Å²) in [6, 6.07) is 10.1. The molecule has 1 aliphatic carbocycles. The van der Waals surface area contributed by atoms with E-state index in [0.29, 0.717) is 0 Å². The highest BCUT2D eigenvalue weighted by atomic mass is 32.1. The molecule has 2 aromatic rings. The summed E-state index contributed by atoms with van der Waals surface area (Å²) in [7, 11) is 0. The zero-order valence-corrected chi connectivity index (χ0v) is 15.6. The van der Waals surface area contributed by atoms with Gasteiger partial charge < -0.3 is 4.74 Å². The van der Waals surface area contributed by atoms with Crippen LogP contribution in [0.4, 0.5) is 0 Å². The molecule has 2 heterocycles. The molecule has 1 radical (unpaired) electrons. The number of ether oxygens (including phenoxy) is 1. The van der Waals surface area contributed by atoms with Crippen LogP contribution in [0.2, 0.25) is 0 Å². The Hall–Kier alpha value is -1.28. The first-order chi connectivity index (χ1) is 10.7. The summed E-state index contributed by atoms with van der Waals surface area (Å²) < 4.78 is 6.16. The molecular formula is C21H25OS. The van der Waals surface area contributed by atoms with Gasteiger partial charge in [-0.05, 0) is 65.3 Å². The van der Waals surface area contributed by atoms with Crippen LogP contribution in [-0.2, 0) is 16.2 Å². The molecule has 1 aliphatic heterocycles. The summed E-state index contributed by atoms with van der Waals surface area (Å²) in [5, 5.41) is 2.05. The average molecular weight is 325 g/mol. The van der Waals surface area contributed by atoms with Gasteiger partial charge in [0.25, 0.3) is 0 Å². The number of hydrogen-bond donors (Lipinski definition) is 0. The van der Waals surface area contributed by atoms with Crippen molar-refractivity contribution in [3.05, 3.63) is 51.2 Å². The largest absolute Gasteiger partial charge is 0.492 e. The van der Waals surface area contributed by atoms with E-state index in [9.17, 15) is 0 Å². The molecular weight excluding hydrogens is 300 g/mol. The van der Waals surface area contributed by atoms with Gasteiger partial charge in [-0.25, -0.2) is 0 Å². The first kappa shape index (κ1) is 15.3. The van der Waals surface area contributed by atoms with E-state index >= 15 is 0 Å². The monoisotopic (exact) mass is 325 g/mol. The Morgan fingerprint density at radius 3 is 2.22 bits per heavy atom. The fourth-order valence-corrected chi connectivity index (χ4v) is 5.01. The Morgan fingerprint density at radius 2 is 1.61 bits per heavy atom. The van der Waals surface area contributed by atoms with E-state index in [1.807, 2.05) is 5.38 Å². The SMILES string of the molecule is CC1(C)CCC(C)(C)c2cc3c(cc21)OCC3(C)c1c[c]cs1. The van der Waals surface area contributed by atoms with Gasteiger partial charge in [0.15, 0.2) is 0 Å². The maximum atomic E-state index is 6.16. The number of thiophene rings is 1. The number of hydrogen-bond acceptors (Lipinski definition) is 2. The van der Waals surface area contributed by atoms with Crippen LogP contribution >= 0.6 is 11.3 Å². The molecule has 0 saturated heterocycles. The van der Waals surface area contributed by atoms with Crippen LogP contribution < -0.4 is 4.74 Å². The van der Waals surface area contributed by atoms with E-state index < -0.39 is 0 Å². The fraction of sp³-hybridized carbons (Fsp3) is 0.524. The highest BCUT2D eigenvalue weighted by molar-refractivity contribution is 7.10. The molecule has 121 valence electrons. The van der Waals surface area contributed by atoms with Crippen molar-refractivity contribution in [1.82, 2.24) is 0 Å². The van der Waals surface area contributed by atoms with E-state index in [1.165, 1.54) is 34.4 Å². The van der Waals surface area contributed by atoms with Crippen LogP contribution in [0.3, 0.4) is 0 Å². The Bertz CT molecular complexity index is 754. The molecule has 1 aromatic carbocycles. The van der Waals surface area contributed by atoms with Crippen LogP contribution in [0.25, 0.3) is 0 Å². The van der Waals surface area contributed by atoms with E-state index in [-0.39, 0.29) is 16.2 Å². The van der Waals surface area contributed by atoms with Gasteiger partial charge in [-0.15, -0.1) is 11.3 Å². The lowest BCUT2D eigenvalue weighted by Crippen LogP contribution is -2.34. The molecule has 4 rings (SSSR count). The van der Waals surface area contributed by atoms with Crippen molar-refractivity contribution in [1.29, 1.82) is 0 Å². The second-order valence-corrected chi connectivity index (χ2v) is 9.60. The topological polar surface area (TPSA) is 9.23 Å². The maximum absolute atomic E-state index is 6.16. The minimum atomic E-state index is -0.0350. The van der Waals surface area contributed by atoms with E-state index in [0.717, 1.165) is 12.4 Å². The van der Waals surface area contributed by atoms with Crippen molar-refractivity contribution in [3.63, 3.8) is 0 Å². The van der Waals surface area contributed by atoms with Gasteiger partial charge in [-0.1, -0.05) is 33.8 Å². The smallest absolute Gasteiger partial charge is 0.123 e. The van der Waals surface area contributed by atoms with Gasteiger partial charge in [-0.3, -0.25) is 0 Å². The van der Waals surface area contributed by atoms with Crippen molar-refractivity contribution in [3.8, 4) is 5.75 Å². The van der Waals surface area contributed by atoms with Crippen LogP contribution in [0.1, 0.15) is 69.0 Å². The minimum absolute atomic E-state index is 0.0350. The third-order valence-corrected chi connectivity index (χ3v) is 7.15. The lowest BCUT2D eigenvalue weighted by molar-refractivity contribution is 0.303. The lowest BCUT2D eigenvalue weighted by Gasteiger charge is -2.42. The van der Waals surface area contributed by atoms with E-state index in [1.54, 1.807) is 11.3 Å². The molecule has 0 saturated carbocycles. The zero-order valence-electron chi connectivity index (χ0n) is 14.7. The Balaban J connectivity index is 1.94. The predicted octanol–water partition coefficient (Wildman–Crippen LogP) is 5.60. The molecule has 0 amide bonds. The molecule has 1 nitrogen and oxygen atoms in total. The predicted molar refractivity (Wildman–Crippen MR) is 96.8 cm³/mol. The standard InChI is InChI=1S/C21H25OS/c1-19(2)8-9-20(3,4)15-12-17-16(11-14(15)19)21(5,13-22-17)18-7-6-10-23-18/h7,10-12H,8-9,13H2,1-5H3. The summed E-state index contributed by atoms with van der Waals surface area (Å²) in [4.78, 5) is 1.35. The maximum Gasteiger partial charge on any atom is 0.123 e. The number of benzene rings is 1. The summed E-state index contributed by atoms with van der Waals surface area (Å²) >= 11 is 1.78. The fourth-order valence-electron chi connectivity index (χ4n) is 4.18. The number of fused-ring (bicyclic) bond motifs is 2. The second kappa shape index (κ2) is 4.63. The second-order valence-electron chi connectivity index (χ2n) is 8.69. The molecule has 2 heteroatoms. The van der Waals surface area contributed by atoms with Gasteiger partial charge in [0.1, 0.15) is 12.4 Å². The van der Waals surface area contributed by atoms with E-state index in [4.69, 9.17) is 4.74 Å². The highest BCUT2D eigenvalue weighted by Crippen LogP contribution is 2.52. The minimum Gasteiger partial charge on any atom is -0.492 e. The lowest BCUT2D eigenvalue weighted by atomic mass is 9.62. The van der Waals surface area contributed by atoms with Crippen LogP contribution in [0, 0.1) is 6.07 Å². The molecule has 1 atom stereocenters. The Morgan fingerprint density at radius 1 is 0.957 bits per heavy atom. The van der Waals surface area contributed by atoms with E-state index in [2.05, 4.69) is 58.9 Å². The van der Waals surface area contributed by atoms with Gasteiger partial charge in [-0.2, -0.15) is 0 Å². The average Bonchev–Trinajstić information content (AvgIpc) is 3.13. The van der Waals surface area contributed by atoms with Crippen molar-refractivity contribution in [2.75, 3.05) is 6.61 Å². The van der Waals surface area contributed by atoms with Gasteiger partial charge in [0, 0.05) is 10.4 Å². The molecule has 23 heavy (non-hydrogen) atoms. The summed E-state index contributed by atoms with van der Waals surface area (Å²) in [5.41, 5.74) is 4.80. The normalized spacial score (nSPS) is 27.2. The zero-order chi connectivity index (χ0) is 16.5. The molecule has 0 bridgehead atoms.